The van der Waals surface area contributed by atoms with Crippen molar-refractivity contribution in [1.82, 2.24) is 5.32 Å². The molecule has 1 aromatic carbocycles. The summed E-state index contributed by atoms with van der Waals surface area (Å²) >= 11 is 0. The fraction of sp³-hybridized carbons (Fsp3) is 0.533. The van der Waals surface area contributed by atoms with Gasteiger partial charge in [0.25, 0.3) is 0 Å². The van der Waals surface area contributed by atoms with Crippen LogP contribution < -0.4 is 15.0 Å². The van der Waals surface area contributed by atoms with Crippen molar-refractivity contribution in [3.63, 3.8) is 0 Å². The minimum absolute atomic E-state index is 0.0821. The highest BCUT2D eigenvalue weighted by molar-refractivity contribution is 5.95. The first-order chi connectivity index (χ1) is 9.67. The van der Waals surface area contributed by atoms with Crippen molar-refractivity contribution >= 4 is 11.6 Å². The smallest absolute Gasteiger partial charge is 0.233 e. The van der Waals surface area contributed by atoms with Gasteiger partial charge in [-0.2, -0.15) is 0 Å². The molecule has 20 heavy (non-hydrogen) atoms. The molecule has 0 aliphatic carbocycles. The van der Waals surface area contributed by atoms with E-state index in [4.69, 9.17) is 9.47 Å². The van der Waals surface area contributed by atoms with Crippen molar-refractivity contribution in [3.8, 4) is 5.75 Å². The van der Waals surface area contributed by atoms with Gasteiger partial charge in [0.15, 0.2) is 0 Å². The summed E-state index contributed by atoms with van der Waals surface area (Å²) in [7, 11) is 3.42. The molecule has 1 aliphatic heterocycles. The molecule has 5 heteroatoms. The summed E-state index contributed by atoms with van der Waals surface area (Å²) in [4.78, 5) is 14.2. The average molecular weight is 278 g/mol. The van der Waals surface area contributed by atoms with Gasteiger partial charge in [0.05, 0.1) is 26.2 Å². The summed E-state index contributed by atoms with van der Waals surface area (Å²) in [6, 6.07) is 7.58. The molecule has 1 aliphatic rings. The van der Waals surface area contributed by atoms with Crippen LogP contribution in [0.15, 0.2) is 24.3 Å². The highest BCUT2D eigenvalue weighted by atomic mass is 16.5. The Kier molecular flexibility index (Phi) is 4.98. The van der Waals surface area contributed by atoms with Gasteiger partial charge in [-0.05, 0) is 30.8 Å². The monoisotopic (exact) mass is 278 g/mol. The van der Waals surface area contributed by atoms with Crippen LogP contribution in [0.2, 0.25) is 0 Å². The molecule has 1 N–H and O–H groups in total. The van der Waals surface area contributed by atoms with Crippen molar-refractivity contribution in [2.75, 3.05) is 38.8 Å². The van der Waals surface area contributed by atoms with Gasteiger partial charge >= 0.3 is 0 Å². The third kappa shape index (κ3) is 3.11. The fourth-order valence-electron chi connectivity index (χ4n) is 2.44. The van der Waals surface area contributed by atoms with Gasteiger partial charge < -0.3 is 19.7 Å². The van der Waals surface area contributed by atoms with Crippen LogP contribution in [0.4, 0.5) is 5.69 Å². The molecule has 110 valence electrons. The highest BCUT2D eigenvalue weighted by Crippen LogP contribution is 2.22. The molecule has 2 atom stereocenters. The molecular weight excluding hydrogens is 256 g/mol. The van der Waals surface area contributed by atoms with Crippen LogP contribution in [-0.4, -0.2) is 45.9 Å². The second-order valence-corrected chi connectivity index (χ2v) is 4.90. The van der Waals surface area contributed by atoms with E-state index >= 15 is 0 Å². The summed E-state index contributed by atoms with van der Waals surface area (Å²) in [5.41, 5.74) is 0.859. The Bertz CT molecular complexity index is 447. The minimum Gasteiger partial charge on any atom is -0.497 e. The van der Waals surface area contributed by atoms with Crippen molar-refractivity contribution in [2.45, 2.75) is 13.0 Å². The first-order valence-corrected chi connectivity index (χ1v) is 6.90. The van der Waals surface area contributed by atoms with Gasteiger partial charge in [0.1, 0.15) is 5.75 Å². The first-order valence-electron chi connectivity index (χ1n) is 6.90. The number of ether oxygens (including phenoxy) is 2. The number of rotatable bonds is 5. The van der Waals surface area contributed by atoms with Gasteiger partial charge in [0.2, 0.25) is 5.91 Å². The Morgan fingerprint density at radius 3 is 2.70 bits per heavy atom. The summed E-state index contributed by atoms with van der Waals surface area (Å²) in [6.07, 6.45) is 0. The maximum Gasteiger partial charge on any atom is 0.233 e. The van der Waals surface area contributed by atoms with Crippen molar-refractivity contribution < 1.29 is 14.3 Å². The standard InChI is InChI=1S/C15H22N2O3/c1-4-16-14-10-20-9-13(14)15(18)17(2)11-5-7-12(19-3)8-6-11/h5-8,13-14,16H,4,9-10H2,1-3H3. The Balaban J connectivity index is 2.07. The van der Waals surface area contributed by atoms with Crippen LogP contribution in [0.3, 0.4) is 0 Å². The molecular formula is C15H22N2O3. The number of hydrogen-bond acceptors (Lipinski definition) is 4. The fourth-order valence-corrected chi connectivity index (χ4v) is 2.44. The van der Waals surface area contributed by atoms with Gasteiger partial charge in [-0.3, -0.25) is 4.79 Å². The largest absolute Gasteiger partial charge is 0.497 e. The quantitative estimate of drug-likeness (QED) is 0.881. The number of carbonyl (C=O) groups is 1. The number of benzene rings is 1. The maximum atomic E-state index is 12.6. The van der Waals surface area contributed by atoms with Gasteiger partial charge in [-0.25, -0.2) is 0 Å². The van der Waals surface area contributed by atoms with E-state index in [0.29, 0.717) is 13.2 Å². The predicted molar refractivity (Wildman–Crippen MR) is 78.2 cm³/mol. The van der Waals surface area contributed by atoms with Crippen LogP contribution in [0.25, 0.3) is 0 Å². The van der Waals surface area contributed by atoms with E-state index in [1.54, 1.807) is 19.1 Å². The number of likely N-dealkylation sites (N-methyl/N-ethyl adjacent to an activating group) is 1. The van der Waals surface area contributed by atoms with Crippen LogP contribution >= 0.6 is 0 Å². The second kappa shape index (κ2) is 6.72. The lowest BCUT2D eigenvalue weighted by molar-refractivity contribution is -0.122. The number of methoxy groups -OCH3 is 1. The lowest BCUT2D eigenvalue weighted by Crippen LogP contribution is -2.44. The molecule has 5 nitrogen and oxygen atoms in total. The normalized spacial score (nSPS) is 21.8. The summed E-state index contributed by atoms with van der Waals surface area (Å²) in [5, 5.41) is 3.31. The SMILES string of the molecule is CCNC1COCC1C(=O)N(C)c1ccc(OC)cc1. The lowest BCUT2D eigenvalue weighted by atomic mass is 10.0. The van der Waals surface area contributed by atoms with Crippen LogP contribution in [0.1, 0.15) is 6.92 Å². The number of nitrogens with one attached hydrogen (secondary N) is 1. The Hall–Kier alpha value is -1.59. The number of anilines is 1. The molecule has 0 aromatic heterocycles. The molecule has 1 aromatic rings. The van der Waals surface area contributed by atoms with Crippen LogP contribution in [0, 0.1) is 5.92 Å². The number of amides is 1. The third-order valence-corrected chi connectivity index (χ3v) is 3.65. The van der Waals surface area contributed by atoms with Crippen LogP contribution in [-0.2, 0) is 9.53 Å². The van der Waals surface area contributed by atoms with Crippen molar-refractivity contribution in [2.24, 2.45) is 5.92 Å². The molecule has 1 saturated heterocycles. The molecule has 0 bridgehead atoms. The number of hydrogen-bond donors (Lipinski definition) is 1. The van der Waals surface area contributed by atoms with Gasteiger partial charge in [-0.1, -0.05) is 6.92 Å². The predicted octanol–water partition coefficient (Wildman–Crippen LogP) is 1.28. The highest BCUT2D eigenvalue weighted by Gasteiger charge is 2.35. The molecule has 0 spiro atoms. The molecule has 1 heterocycles. The zero-order valence-corrected chi connectivity index (χ0v) is 12.3. The third-order valence-electron chi connectivity index (χ3n) is 3.65. The van der Waals surface area contributed by atoms with E-state index < -0.39 is 0 Å². The molecule has 0 radical (unpaired) electrons. The van der Waals surface area contributed by atoms with E-state index in [1.807, 2.05) is 31.2 Å². The van der Waals surface area contributed by atoms with Crippen LogP contribution in [0.5, 0.6) is 5.75 Å². The van der Waals surface area contributed by atoms with Crippen molar-refractivity contribution in [1.29, 1.82) is 0 Å². The maximum absolute atomic E-state index is 12.6. The van der Waals surface area contributed by atoms with Crippen molar-refractivity contribution in [3.05, 3.63) is 24.3 Å². The van der Waals surface area contributed by atoms with E-state index in [0.717, 1.165) is 18.0 Å². The Labute approximate surface area is 119 Å². The summed E-state index contributed by atoms with van der Waals surface area (Å²) < 4.78 is 10.6. The van der Waals surface area contributed by atoms with E-state index in [-0.39, 0.29) is 17.9 Å². The molecule has 2 unspecified atom stereocenters. The average Bonchev–Trinajstić information content (AvgIpc) is 2.94. The zero-order chi connectivity index (χ0) is 14.5. The van der Waals surface area contributed by atoms with E-state index in [2.05, 4.69) is 5.32 Å². The Morgan fingerprint density at radius 2 is 2.10 bits per heavy atom. The molecule has 1 fully saturated rings. The number of nitrogens with zero attached hydrogens (tertiary/aromatic N) is 1. The van der Waals surface area contributed by atoms with E-state index in [1.165, 1.54) is 0 Å². The Morgan fingerprint density at radius 1 is 1.40 bits per heavy atom. The zero-order valence-electron chi connectivity index (χ0n) is 12.3. The molecule has 2 rings (SSSR count). The second-order valence-electron chi connectivity index (χ2n) is 4.90. The van der Waals surface area contributed by atoms with Gasteiger partial charge in [-0.15, -0.1) is 0 Å². The number of carbonyl (C=O) groups excluding carboxylic acids is 1. The summed E-state index contributed by atoms with van der Waals surface area (Å²) in [5.74, 6) is 0.741. The van der Waals surface area contributed by atoms with Gasteiger partial charge in [0, 0.05) is 18.8 Å². The van der Waals surface area contributed by atoms with E-state index in [9.17, 15) is 4.79 Å². The molecule has 0 saturated carbocycles. The summed E-state index contributed by atoms with van der Waals surface area (Å²) in [6.45, 7) is 3.95. The molecule has 1 amide bonds. The first kappa shape index (κ1) is 14.8. The lowest BCUT2D eigenvalue weighted by Gasteiger charge is -2.24. The minimum atomic E-state index is -0.123. The topological polar surface area (TPSA) is 50.8 Å².